The van der Waals surface area contributed by atoms with Gasteiger partial charge >= 0.3 is 0 Å². The van der Waals surface area contributed by atoms with Crippen molar-refractivity contribution in [3.05, 3.63) is 131 Å². The molecular formula is C37H42FN3O4S. The standard InChI is InChI=1S/C37H42FN3O4S/c1-26(2)30-17-19-32(20-18-30)41(46(44,45)33-21-15-28(5)16-22-33)25-36(42)40(24-31-13-9-10-14-34(31)38)35(37(43)39-27(3)4)23-29-11-7-6-8-12-29/h6-22,26-27,35H,23-25H2,1-5H3,(H,39,43)/t35-/m1/s1. The number of halogens is 1. The highest BCUT2D eigenvalue weighted by Crippen LogP contribution is 2.27. The van der Waals surface area contributed by atoms with Crippen LogP contribution in [0.5, 0.6) is 0 Å². The number of nitrogens with one attached hydrogen (secondary N) is 1. The zero-order valence-electron chi connectivity index (χ0n) is 27.0. The van der Waals surface area contributed by atoms with E-state index in [9.17, 15) is 18.0 Å². The van der Waals surface area contributed by atoms with Gasteiger partial charge in [-0.1, -0.05) is 92.2 Å². The van der Waals surface area contributed by atoms with E-state index in [0.29, 0.717) is 5.69 Å². The average molecular weight is 644 g/mol. The van der Waals surface area contributed by atoms with Crippen LogP contribution >= 0.6 is 0 Å². The van der Waals surface area contributed by atoms with Gasteiger partial charge in [0.15, 0.2) is 0 Å². The van der Waals surface area contributed by atoms with Gasteiger partial charge in [-0.2, -0.15) is 0 Å². The molecule has 0 aliphatic rings. The second kappa shape index (κ2) is 15.2. The number of carbonyl (C=O) groups is 2. The fourth-order valence-corrected chi connectivity index (χ4v) is 6.55. The fourth-order valence-electron chi connectivity index (χ4n) is 5.14. The molecule has 4 rings (SSSR count). The van der Waals surface area contributed by atoms with Gasteiger partial charge in [0.2, 0.25) is 11.8 Å². The van der Waals surface area contributed by atoms with Gasteiger partial charge in [-0.15, -0.1) is 0 Å². The summed E-state index contributed by atoms with van der Waals surface area (Å²) in [4.78, 5) is 29.6. The number of carbonyl (C=O) groups excluding carboxylic acids is 2. The molecule has 9 heteroatoms. The van der Waals surface area contributed by atoms with Gasteiger partial charge in [0, 0.05) is 24.6 Å². The first-order valence-corrected chi connectivity index (χ1v) is 16.9. The third-order valence-electron chi connectivity index (χ3n) is 7.74. The monoisotopic (exact) mass is 643 g/mol. The molecule has 0 aliphatic heterocycles. The molecule has 4 aromatic carbocycles. The summed E-state index contributed by atoms with van der Waals surface area (Å²) in [5.74, 6) is -1.38. The molecule has 0 saturated heterocycles. The number of hydrogen-bond donors (Lipinski definition) is 1. The lowest BCUT2D eigenvalue weighted by atomic mass is 10.0. The van der Waals surface area contributed by atoms with Gasteiger partial charge in [-0.05, 0) is 68.1 Å². The Morgan fingerprint density at radius 2 is 1.41 bits per heavy atom. The Hall–Kier alpha value is -4.50. The van der Waals surface area contributed by atoms with Crippen LogP contribution in [-0.4, -0.2) is 43.8 Å². The molecule has 0 unspecified atom stereocenters. The minimum atomic E-state index is -4.23. The number of rotatable bonds is 13. The molecule has 1 N–H and O–H groups in total. The Labute approximate surface area is 272 Å². The highest BCUT2D eigenvalue weighted by molar-refractivity contribution is 7.92. The minimum Gasteiger partial charge on any atom is -0.352 e. The van der Waals surface area contributed by atoms with Crippen LogP contribution < -0.4 is 9.62 Å². The average Bonchev–Trinajstić information content (AvgIpc) is 3.02. The molecular weight excluding hydrogens is 601 g/mol. The summed E-state index contributed by atoms with van der Waals surface area (Å²) in [6, 6.07) is 27.5. The lowest BCUT2D eigenvalue weighted by Crippen LogP contribution is -2.54. The molecule has 0 bridgehead atoms. The first-order chi connectivity index (χ1) is 21.9. The summed E-state index contributed by atoms with van der Waals surface area (Å²) >= 11 is 0. The second-order valence-electron chi connectivity index (χ2n) is 12.1. The van der Waals surface area contributed by atoms with E-state index >= 15 is 4.39 Å². The van der Waals surface area contributed by atoms with Gasteiger partial charge in [0.25, 0.3) is 10.0 Å². The SMILES string of the molecule is Cc1ccc(S(=O)(=O)N(CC(=O)N(Cc2ccccc2F)[C@H](Cc2ccccc2)C(=O)NC(C)C)c2ccc(C(C)C)cc2)cc1. The van der Waals surface area contributed by atoms with Crippen molar-refractivity contribution in [2.24, 2.45) is 0 Å². The maximum Gasteiger partial charge on any atom is 0.264 e. The molecule has 2 amide bonds. The number of hydrogen-bond acceptors (Lipinski definition) is 4. The smallest absolute Gasteiger partial charge is 0.264 e. The molecule has 4 aromatic rings. The molecule has 46 heavy (non-hydrogen) atoms. The van der Waals surface area contributed by atoms with Crippen LogP contribution in [0, 0.1) is 12.7 Å². The first kappa shape index (κ1) is 34.4. The van der Waals surface area contributed by atoms with Crippen molar-refractivity contribution in [3.63, 3.8) is 0 Å². The minimum absolute atomic E-state index is 0.0258. The van der Waals surface area contributed by atoms with Crippen molar-refractivity contribution in [2.75, 3.05) is 10.8 Å². The maximum atomic E-state index is 15.0. The lowest BCUT2D eigenvalue weighted by molar-refractivity contribution is -0.140. The number of anilines is 1. The third kappa shape index (κ3) is 8.60. The van der Waals surface area contributed by atoms with E-state index in [1.54, 1.807) is 42.5 Å². The van der Waals surface area contributed by atoms with Crippen molar-refractivity contribution < 1.29 is 22.4 Å². The summed E-state index contributed by atoms with van der Waals surface area (Å²) in [7, 11) is -4.23. The number of nitrogens with zero attached hydrogens (tertiary/aromatic N) is 2. The molecule has 1 atom stereocenters. The van der Waals surface area contributed by atoms with Gasteiger partial charge < -0.3 is 10.2 Å². The number of amides is 2. The quantitative estimate of drug-likeness (QED) is 0.178. The van der Waals surface area contributed by atoms with Gasteiger partial charge in [-0.25, -0.2) is 12.8 Å². The summed E-state index contributed by atoms with van der Waals surface area (Å²) in [6.07, 6.45) is 0.146. The van der Waals surface area contributed by atoms with Crippen molar-refractivity contribution in [1.82, 2.24) is 10.2 Å². The zero-order chi connectivity index (χ0) is 33.4. The van der Waals surface area contributed by atoms with Crippen molar-refractivity contribution >= 4 is 27.5 Å². The summed E-state index contributed by atoms with van der Waals surface area (Å²) < 4.78 is 44.5. The van der Waals surface area contributed by atoms with Crippen LogP contribution in [-0.2, 0) is 32.6 Å². The molecule has 242 valence electrons. The van der Waals surface area contributed by atoms with Crippen molar-refractivity contribution in [1.29, 1.82) is 0 Å². The van der Waals surface area contributed by atoms with Crippen LogP contribution in [0.25, 0.3) is 0 Å². The normalized spacial score (nSPS) is 12.2. The Kier molecular flexibility index (Phi) is 11.4. The van der Waals surface area contributed by atoms with E-state index in [1.165, 1.54) is 23.1 Å². The summed E-state index contributed by atoms with van der Waals surface area (Å²) in [6.45, 7) is 8.72. The molecule has 0 radical (unpaired) electrons. The largest absolute Gasteiger partial charge is 0.352 e. The highest BCUT2D eigenvalue weighted by Gasteiger charge is 2.35. The Morgan fingerprint density at radius 3 is 2.00 bits per heavy atom. The third-order valence-corrected chi connectivity index (χ3v) is 9.52. The predicted molar refractivity (Wildman–Crippen MR) is 180 cm³/mol. The Bertz CT molecular complexity index is 1720. The van der Waals surface area contributed by atoms with Crippen LogP contribution in [0.3, 0.4) is 0 Å². The number of aryl methyl sites for hydroxylation is 1. The van der Waals surface area contributed by atoms with Crippen LogP contribution in [0.2, 0.25) is 0 Å². The van der Waals surface area contributed by atoms with E-state index in [0.717, 1.165) is 21.0 Å². The molecule has 0 heterocycles. The van der Waals surface area contributed by atoms with Crippen molar-refractivity contribution in [2.45, 2.75) is 70.5 Å². The molecule has 0 fully saturated rings. The predicted octanol–water partition coefficient (Wildman–Crippen LogP) is 6.62. The topological polar surface area (TPSA) is 86.8 Å². The molecule has 0 aromatic heterocycles. The van der Waals surface area contributed by atoms with E-state index < -0.39 is 40.2 Å². The van der Waals surface area contributed by atoms with Crippen LogP contribution in [0.4, 0.5) is 10.1 Å². The highest BCUT2D eigenvalue weighted by atomic mass is 32.2. The lowest BCUT2D eigenvalue weighted by Gasteiger charge is -2.34. The molecule has 0 saturated carbocycles. The van der Waals surface area contributed by atoms with Crippen LogP contribution in [0.15, 0.2) is 108 Å². The Morgan fingerprint density at radius 1 is 0.804 bits per heavy atom. The summed E-state index contributed by atoms with van der Waals surface area (Å²) in [5, 5.41) is 2.90. The van der Waals surface area contributed by atoms with Crippen LogP contribution in [0.1, 0.15) is 55.9 Å². The molecule has 7 nitrogen and oxygen atoms in total. The second-order valence-corrected chi connectivity index (χ2v) is 13.9. The zero-order valence-corrected chi connectivity index (χ0v) is 27.8. The van der Waals surface area contributed by atoms with E-state index in [-0.39, 0.29) is 35.4 Å². The number of benzene rings is 4. The first-order valence-electron chi connectivity index (χ1n) is 15.4. The van der Waals surface area contributed by atoms with Crippen molar-refractivity contribution in [3.8, 4) is 0 Å². The van der Waals surface area contributed by atoms with E-state index in [4.69, 9.17) is 0 Å². The summed E-state index contributed by atoms with van der Waals surface area (Å²) in [5.41, 5.74) is 3.21. The fraction of sp³-hybridized carbons (Fsp3) is 0.297. The van der Waals surface area contributed by atoms with E-state index in [1.807, 2.05) is 77.1 Å². The number of sulfonamides is 1. The maximum absolute atomic E-state index is 15.0. The van der Waals surface area contributed by atoms with E-state index in [2.05, 4.69) is 5.32 Å². The molecule has 0 aliphatic carbocycles. The Balaban J connectivity index is 1.82. The van der Waals surface area contributed by atoms with Gasteiger partial charge in [0.05, 0.1) is 10.6 Å². The van der Waals surface area contributed by atoms with Gasteiger partial charge in [0.1, 0.15) is 18.4 Å². The molecule has 0 spiro atoms. The van der Waals surface area contributed by atoms with Gasteiger partial charge in [-0.3, -0.25) is 13.9 Å².